The van der Waals surface area contributed by atoms with E-state index in [1.165, 1.54) is 7.11 Å². The molecule has 0 aliphatic rings. The van der Waals surface area contributed by atoms with E-state index in [4.69, 9.17) is 10.8 Å². The van der Waals surface area contributed by atoms with Crippen molar-refractivity contribution in [2.45, 2.75) is 25.9 Å². The van der Waals surface area contributed by atoms with Gasteiger partial charge < -0.3 is 20.9 Å². The minimum atomic E-state index is -0.491. The van der Waals surface area contributed by atoms with Crippen molar-refractivity contribution in [3.8, 4) is 0 Å². The van der Waals surface area contributed by atoms with Crippen LogP contribution in [-0.2, 0) is 4.74 Å². The Morgan fingerprint density at radius 3 is 3.00 bits per heavy atom. The molecule has 1 rings (SSSR count). The van der Waals surface area contributed by atoms with E-state index in [0.29, 0.717) is 18.0 Å². The lowest BCUT2D eigenvalue weighted by molar-refractivity contribution is 0.0603. The number of nitrogens with two attached hydrogens (primary N) is 1. The van der Waals surface area contributed by atoms with Crippen molar-refractivity contribution < 1.29 is 14.6 Å². The fraction of sp³-hybridized carbons (Fsp3) is 0.600. The highest BCUT2D eigenvalue weighted by molar-refractivity contribution is 7.11. The molecule has 0 aliphatic carbocycles. The van der Waals surface area contributed by atoms with E-state index in [9.17, 15) is 4.79 Å². The van der Waals surface area contributed by atoms with E-state index < -0.39 is 5.97 Å². The van der Waals surface area contributed by atoms with Gasteiger partial charge in [-0.05, 0) is 31.3 Å². The van der Waals surface area contributed by atoms with Crippen molar-refractivity contribution in [1.29, 1.82) is 0 Å². The molecule has 0 saturated heterocycles. The molecule has 1 aromatic heterocycles. The van der Waals surface area contributed by atoms with E-state index in [2.05, 4.69) is 14.4 Å². The fourth-order valence-electron chi connectivity index (χ4n) is 1.32. The molecule has 4 N–H and O–H groups in total. The molecule has 0 radical (unpaired) electrons. The van der Waals surface area contributed by atoms with Crippen LogP contribution >= 0.6 is 11.5 Å². The molecule has 0 aromatic carbocycles. The lowest BCUT2D eigenvalue weighted by atomic mass is 10.2. The number of nitrogens with one attached hydrogen (secondary N) is 1. The molecule has 1 atom stereocenters. The summed E-state index contributed by atoms with van der Waals surface area (Å²) >= 11 is 1.13. The second kappa shape index (κ2) is 6.41. The van der Waals surface area contributed by atoms with Crippen LogP contribution in [0.1, 0.15) is 30.1 Å². The summed E-state index contributed by atoms with van der Waals surface area (Å²) in [5.41, 5.74) is 5.88. The molecule has 0 bridgehead atoms. The Morgan fingerprint density at radius 2 is 2.41 bits per heavy atom. The summed E-state index contributed by atoms with van der Waals surface area (Å²) in [7, 11) is 1.30. The zero-order valence-electron chi connectivity index (χ0n) is 9.90. The third-order valence-corrected chi connectivity index (χ3v) is 3.01. The SMILES string of the molecule is COC(=O)c1c(N)nsc1NCCCC(C)O. The number of aliphatic hydroxyl groups excluding tert-OH is 1. The summed E-state index contributed by atoms with van der Waals surface area (Å²) in [4.78, 5) is 11.4. The quantitative estimate of drug-likeness (QED) is 0.522. The maximum Gasteiger partial charge on any atom is 0.344 e. The molecule has 17 heavy (non-hydrogen) atoms. The summed E-state index contributed by atoms with van der Waals surface area (Å²) in [6, 6.07) is 0. The maximum absolute atomic E-state index is 11.4. The molecule has 1 unspecified atom stereocenters. The van der Waals surface area contributed by atoms with Gasteiger partial charge in [-0.3, -0.25) is 0 Å². The van der Waals surface area contributed by atoms with Crippen molar-refractivity contribution in [3.63, 3.8) is 0 Å². The van der Waals surface area contributed by atoms with Crippen molar-refractivity contribution >= 4 is 28.3 Å². The highest BCUT2D eigenvalue weighted by Gasteiger charge is 2.19. The zero-order valence-corrected chi connectivity index (χ0v) is 10.7. The van der Waals surface area contributed by atoms with Crippen LogP contribution in [0.15, 0.2) is 0 Å². The number of esters is 1. The first-order chi connectivity index (χ1) is 8.06. The highest BCUT2D eigenvalue weighted by atomic mass is 32.1. The molecule has 96 valence electrons. The Hall–Kier alpha value is -1.34. The number of carbonyl (C=O) groups excluding carboxylic acids is 1. The van der Waals surface area contributed by atoms with Gasteiger partial charge in [0.15, 0.2) is 5.82 Å². The lowest BCUT2D eigenvalue weighted by Crippen LogP contribution is -2.10. The highest BCUT2D eigenvalue weighted by Crippen LogP contribution is 2.27. The summed E-state index contributed by atoms with van der Waals surface area (Å²) in [6.07, 6.45) is 1.19. The van der Waals surface area contributed by atoms with Crippen LogP contribution in [0.25, 0.3) is 0 Å². The Kier molecular flexibility index (Phi) is 5.17. The number of ether oxygens (including phenoxy) is 1. The number of nitrogen functional groups attached to an aromatic ring is 1. The molecule has 1 aromatic rings. The van der Waals surface area contributed by atoms with Crippen LogP contribution in [0.3, 0.4) is 0 Å². The second-order valence-electron chi connectivity index (χ2n) is 3.68. The van der Waals surface area contributed by atoms with Gasteiger partial charge in [-0.15, -0.1) is 0 Å². The van der Waals surface area contributed by atoms with E-state index in [1.54, 1.807) is 6.92 Å². The van der Waals surface area contributed by atoms with Gasteiger partial charge in [0.1, 0.15) is 10.6 Å². The molecular weight excluding hydrogens is 242 g/mol. The first-order valence-electron chi connectivity index (χ1n) is 5.31. The van der Waals surface area contributed by atoms with Gasteiger partial charge in [0, 0.05) is 6.54 Å². The van der Waals surface area contributed by atoms with Gasteiger partial charge in [0.2, 0.25) is 0 Å². The number of rotatable bonds is 6. The van der Waals surface area contributed by atoms with Crippen LogP contribution < -0.4 is 11.1 Å². The van der Waals surface area contributed by atoms with Gasteiger partial charge in [-0.1, -0.05) is 0 Å². The van der Waals surface area contributed by atoms with Crippen molar-refractivity contribution in [1.82, 2.24) is 4.37 Å². The van der Waals surface area contributed by atoms with Crippen molar-refractivity contribution in [3.05, 3.63) is 5.56 Å². The minimum absolute atomic E-state index is 0.180. The fourth-order valence-corrected chi connectivity index (χ4v) is 2.05. The standard InChI is InChI=1S/C10H17N3O3S/c1-6(14)4-3-5-12-9-7(10(15)16-2)8(11)13-17-9/h6,12,14H,3-5H2,1-2H3,(H2,11,13). The Balaban J connectivity index is 2.56. The van der Waals surface area contributed by atoms with Crippen LogP contribution in [-0.4, -0.2) is 35.2 Å². The number of nitrogens with zero attached hydrogens (tertiary/aromatic N) is 1. The average Bonchev–Trinajstić information content (AvgIpc) is 2.65. The predicted molar refractivity (Wildman–Crippen MR) is 67.3 cm³/mol. The zero-order chi connectivity index (χ0) is 12.8. The first kappa shape index (κ1) is 13.7. The normalized spacial score (nSPS) is 12.2. The minimum Gasteiger partial charge on any atom is -0.465 e. The monoisotopic (exact) mass is 259 g/mol. The lowest BCUT2D eigenvalue weighted by Gasteiger charge is -2.06. The number of carbonyl (C=O) groups is 1. The Labute approximate surface area is 104 Å². The summed E-state index contributed by atoms with van der Waals surface area (Å²) in [5.74, 6) is -0.311. The van der Waals surface area contributed by atoms with Gasteiger partial charge in [0.05, 0.1) is 13.2 Å². The largest absolute Gasteiger partial charge is 0.465 e. The summed E-state index contributed by atoms with van der Waals surface area (Å²) in [6.45, 7) is 2.39. The first-order valence-corrected chi connectivity index (χ1v) is 6.09. The van der Waals surface area contributed by atoms with Crippen LogP contribution in [0.5, 0.6) is 0 Å². The summed E-state index contributed by atoms with van der Waals surface area (Å²) < 4.78 is 8.53. The molecule has 0 amide bonds. The number of aliphatic hydroxyl groups is 1. The smallest absolute Gasteiger partial charge is 0.344 e. The number of aromatic nitrogens is 1. The third-order valence-electron chi connectivity index (χ3n) is 2.19. The number of hydrogen-bond acceptors (Lipinski definition) is 7. The predicted octanol–water partition coefficient (Wildman–Crippen LogP) is 1.08. The molecule has 6 nitrogen and oxygen atoms in total. The van der Waals surface area contributed by atoms with Crippen LogP contribution in [0.4, 0.5) is 10.8 Å². The molecule has 0 saturated carbocycles. The number of hydrogen-bond donors (Lipinski definition) is 3. The van der Waals surface area contributed by atoms with Crippen LogP contribution in [0.2, 0.25) is 0 Å². The van der Waals surface area contributed by atoms with E-state index in [-0.39, 0.29) is 17.5 Å². The Bertz CT molecular complexity index is 379. The second-order valence-corrected chi connectivity index (χ2v) is 4.45. The van der Waals surface area contributed by atoms with Gasteiger partial charge in [0.25, 0.3) is 0 Å². The van der Waals surface area contributed by atoms with Gasteiger partial charge in [-0.25, -0.2) is 4.79 Å². The van der Waals surface area contributed by atoms with Crippen LogP contribution in [0, 0.1) is 0 Å². The number of methoxy groups -OCH3 is 1. The molecule has 0 spiro atoms. The summed E-state index contributed by atoms with van der Waals surface area (Å²) in [5, 5.41) is 12.8. The van der Waals surface area contributed by atoms with E-state index in [1.807, 2.05) is 0 Å². The Morgan fingerprint density at radius 1 is 1.71 bits per heavy atom. The number of anilines is 2. The van der Waals surface area contributed by atoms with Gasteiger partial charge in [-0.2, -0.15) is 4.37 Å². The third kappa shape index (κ3) is 3.86. The molecule has 1 heterocycles. The maximum atomic E-state index is 11.4. The van der Waals surface area contributed by atoms with Gasteiger partial charge >= 0.3 is 5.97 Å². The van der Waals surface area contributed by atoms with Crippen molar-refractivity contribution in [2.24, 2.45) is 0 Å². The van der Waals surface area contributed by atoms with Crippen molar-refractivity contribution in [2.75, 3.05) is 24.7 Å². The average molecular weight is 259 g/mol. The molecule has 0 aliphatic heterocycles. The molecule has 0 fully saturated rings. The topological polar surface area (TPSA) is 97.5 Å². The molecular formula is C10H17N3O3S. The molecule has 7 heteroatoms. The van der Waals surface area contributed by atoms with E-state index in [0.717, 1.165) is 18.0 Å². The van der Waals surface area contributed by atoms with E-state index >= 15 is 0 Å².